The van der Waals surface area contributed by atoms with Crippen LogP contribution in [-0.4, -0.2) is 19.0 Å². The Morgan fingerprint density at radius 1 is 1.19 bits per heavy atom. The molecule has 1 fully saturated rings. The molecule has 1 saturated carbocycles. The van der Waals surface area contributed by atoms with E-state index in [0.29, 0.717) is 18.1 Å². The van der Waals surface area contributed by atoms with E-state index < -0.39 is 0 Å². The topological polar surface area (TPSA) is 26.3 Å². The molecule has 2 unspecified atom stereocenters. The third-order valence-electron chi connectivity index (χ3n) is 3.55. The summed E-state index contributed by atoms with van der Waals surface area (Å²) in [7, 11) is 0. The van der Waals surface area contributed by atoms with Crippen LogP contribution < -0.4 is 0 Å². The molecule has 2 atom stereocenters. The van der Waals surface area contributed by atoms with E-state index in [1.807, 2.05) is 6.92 Å². The van der Waals surface area contributed by atoms with Crippen molar-refractivity contribution in [1.82, 2.24) is 0 Å². The average molecular weight is 226 g/mol. The van der Waals surface area contributed by atoms with E-state index in [4.69, 9.17) is 4.74 Å². The Morgan fingerprint density at radius 2 is 1.81 bits per heavy atom. The third-order valence-corrected chi connectivity index (χ3v) is 3.55. The first-order valence-corrected chi connectivity index (χ1v) is 6.74. The van der Waals surface area contributed by atoms with Crippen molar-refractivity contribution in [2.24, 2.45) is 17.8 Å². The molecule has 2 nitrogen and oxygen atoms in total. The minimum Gasteiger partial charge on any atom is -0.382 e. The summed E-state index contributed by atoms with van der Waals surface area (Å²) in [5, 5.41) is 0. The summed E-state index contributed by atoms with van der Waals surface area (Å²) in [5.41, 5.74) is 0. The van der Waals surface area contributed by atoms with Crippen LogP contribution in [0, 0.1) is 17.8 Å². The van der Waals surface area contributed by atoms with Gasteiger partial charge in [-0.1, -0.05) is 13.8 Å². The Hall–Kier alpha value is -0.370. The Balaban J connectivity index is 2.24. The van der Waals surface area contributed by atoms with Crippen molar-refractivity contribution >= 4 is 5.78 Å². The predicted octanol–water partition coefficient (Wildman–Crippen LogP) is 3.44. The molecule has 94 valence electrons. The van der Waals surface area contributed by atoms with Crippen molar-refractivity contribution in [1.29, 1.82) is 0 Å². The van der Waals surface area contributed by atoms with Crippen molar-refractivity contribution < 1.29 is 9.53 Å². The zero-order valence-electron chi connectivity index (χ0n) is 11.0. The van der Waals surface area contributed by atoms with Crippen molar-refractivity contribution in [3.63, 3.8) is 0 Å². The number of ketones is 1. The summed E-state index contributed by atoms with van der Waals surface area (Å²) in [6.45, 7) is 8.03. The van der Waals surface area contributed by atoms with Crippen LogP contribution in [0.3, 0.4) is 0 Å². The van der Waals surface area contributed by atoms with E-state index >= 15 is 0 Å². The average Bonchev–Trinajstić information content (AvgIpc) is 2.22. The molecular weight excluding hydrogens is 200 g/mol. The largest absolute Gasteiger partial charge is 0.382 e. The SMILES string of the molecule is CCOCCCC(=O)C1CC(C)CC(C)C1. The Bertz CT molecular complexity index is 203. The predicted molar refractivity (Wildman–Crippen MR) is 66.4 cm³/mol. The minimum absolute atomic E-state index is 0.334. The lowest BCUT2D eigenvalue weighted by Crippen LogP contribution is -2.26. The molecule has 0 aromatic carbocycles. The summed E-state index contributed by atoms with van der Waals surface area (Å²) in [6, 6.07) is 0. The third kappa shape index (κ3) is 4.65. The fourth-order valence-electron chi connectivity index (χ4n) is 2.91. The van der Waals surface area contributed by atoms with Crippen LogP contribution in [0.15, 0.2) is 0 Å². The van der Waals surface area contributed by atoms with Gasteiger partial charge in [0, 0.05) is 25.6 Å². The number of hydrogen-bond donors (Lipinski definition) is 0. The van der Waals surface area contributed by atoms with Gasteiger partial charge in [0.15, 0.2) is 0 Å². The highest BCUT2D eigenvalue weighted by molar-refractivity contribution is 5.81. The van der Waals surface area contributed by atoms with Gasteiger partial charge in [-0.15, -0.1) is 0 Å². The van der Waals surface area contributed by atoms with Gasteiger partial charge in [0.05, 0.1) is 0 Å². The molecule has 2 heteroatoms. The van der Waals surface area contributed by atoms with Crippen LogP contribution in [0.4, 0.5) is 0 Å². The maximum atomic E-state index is 12.0. The summed E-state index contributed by atoms with van der Waals surface area (Å²) in [5.74, 6) is 2.26. The molecule has 0 aromatic rings. The van der Waals surface area contributed by atoms with E-state index in [-0.39, 0.29) is 0 Å². The van der Waals surface area contributed by atoms with Crippen LogP contribution in [0.2, 0.25) is 0 Å². The number of ether oxygens (including phenoxy) is 1. The van der Waals surface area contributed by atoms with Gasteiger partial charge in [-0.05, 0) is 44.4 Å². The quantitative estimate of drug-likeness (QED) is 0.648. The van der Waals surface area contributed by atoms with Gasteiger partial charge in [-0.3, -0.25) is 4.79 Å². The number of Topliss-reactive ketones (excluding diaryl/α,β-unsaturated/α-hetero) is 1. The first kappa shape index (κ1) is 13.7. The van der Waals surface area contributed by atoms with E-state index in [1.165, 1.54) is 6.42 Å². The lowest BCUT2D eigenvalue weighted by Gasteiger charge is -2.30. The van der Waals surface area contributed by atoms with Crippen LogP contribution in [0.25, 0.3) is 0 Å². The van der Waals surface area contributed by atoms with Crippen LogP contribution in [-0.2, 0) is 9.53 Å². The maximum Gasteiger partial charge on any atom is 0.136 e. The molecule has 1 aliphatic carbocycles. The molecule has 1 aliphatic rings. The van der Waals surface area contributed by atoms with Crippen molar-refractivity contribution in [2.75, 3.05) is 13.2 Å². The fraction of sp³-hybridized carbons (Fsp3) is 0.929. The molecule has 0 N–H and O–H groups in total. The first-order valence-electron chi connectivity index (χ1n) is 6.74. The van der Waals surface area contributed by atoms with Crippen molar-refractivity contribution in [3.05, 3.63) is 0 Å². The number of carbonyl (C=O) groups is 1. The molecule has 0 heterocycles. The highest BCUT2D eigenvalue weighted by Gasteiger charge is 2.28. The molecule has 0 aliphatic heterocycles. The lowest BCUT2D eigenvalue weighted by molar-refractivity contribution is -0.125. The maximum absolute atomic E-state index is 12.0. The number of hydrogen-bond acceptors (Lipinski definition) is 2. The molecule has 0 spiro atoms. The van der Waals surface area contributed by atoms with Gasteiger partial charge in [0.2, 0.25) is 0 Å². The van der Waals surface area contributed by atoms with Crippen molar-refractivity contribution in [2.45, 2.75) is 52.9 Å². The van der Waals surface area contributed by atoms with Gasteiger partial charge in [0.1, 0.15) is 5.78 Å². The van der Waals surface area contributed by atoms with Gasteiger partial charge < -0.3 is 4.74 Å². The smallest absolute Gasteiger partial charge is 0.136 e. The lowest BCUT2D eigenvalue weighted by atomic mass is 9.74. The molecule has 16 heavy (non-hydrogen) atoms. The monoisotopic (exact) mass is 226 g/mol. The Kier molecular flexibility index (Phi) is 6.04. The second-order valence-electron chi connectivity index (χ2n) is 5.38. The Labute approximate surface area is 99.8 Å². The molecule has 0 amide bonds. The fourth-order valence-corrected chi connectivity index (χ4v) is 2.91. The van der Waals surface area contributed by atoms with Gasteiger partial charge >= 0.3 is 0 Å². The highest BCUT2D eigenvalue weighted by Crippen LogP contribution is 2.33. The highest BCUT2D eigenvalue weighted by atomic mass is 16.5. The molecule has 0 saturated heterocycles. The molecule has 0 bridgehead atoms. The second kappa shape index (κ2) is 7.05. The minimum atomic E-state index is 0.334. The van der Waals surface area contributed by atoms with E-state index in [2.05, 4.69) is 13.8 Å². The van der Waals surface area contributed by atoms with Crippen LogP contribution >= 0.6 is 0 Å². The second-order valence-corrected chi connectivity index (χ2v) is 5.38. The summed E-state index contributed by atoms with van der Waals surface area (Å²) in [6.07, 6.45) is 5.12. The van der Waals surface area contributed by atoms with Crippen LogP contribution in [0.5, 0.6) is 0 Å². The normalized spacial score (nSPS) is 30.3. The molecular formula is C14H26O2. The van der Waals surface area contributed by atoms with E-state index in [1.54, 1.807) is 0 Å². The Morgan fingerprint density at radius 3 is 2.38 bits per heavy atom. The van der Waals surface area contributed by atoms with Crippen molar-refractivity contribution in [3.8, 4) is 0 Å². The molecule has 1 rings (SSSR count). The number of carbonyl (C=O) groups excluding carboxylic acids is 1. The standard InChI is InChI=1S/C14H26O2/c1-4-16-7-5-6-14(15)13-9-11(2)8-12(3)10-13/h11-13H,4-10H2,1-3H3. The van der Waals surface area contributed by atoms with Crippen LogP contribution in [0.1, 0.15) is 52.9 Å². The van der Waals surface area contributed by atoms with Gasteiger partial charge in [0.25, 0.3) is 0 Å². The van der Waals surface area contributed by atoms with Gasteiger partial charge in [-0.25, -0.2) is 0 Å². The summed E-state index contributed by atoms with van der Waals surface area (Å²) >= 11 is 0. The zero-order valence-corrected chi connectivity index (χ0v) is 11.0. The summed E-state index contributed by atoms with van der Waals surface area (Å²) in [4.78, 5) is 12.0. The van der Waals surface area contributed by atoms with Gasteiger partial charge in [-0.2, -0.15) is 0 Å². The molecule has 0 radical (unpaired) electrons. The first-order chi connectivity index (χ1) is 7.63. The summed E-state index contributed by atoms with van der Waals surface area (Å²) < 4.78 is 5.26. The van der Waals surface area contributed by atoms with E-state index in [9.17, 15) is 4.79 Å². The number of rotatable bonds is 6. The van der Waals surface area contributed by atoms with E-state index in [0.717, 1.165) is 44.3 Å². The zero-order chi connectivity index (χ0) is 12.0. The molecule has 0 aromatic heterocycles.